The topological polar surface area (TPSA) is 105 Å². The minimum atomic E-state index is -0.840. The summed E-state index contributed by atoms with van der Waals surface area (Å²) >= 11 is 6.80. The van der Waals surface area contributed by atoms with E-state index in [-0.39, 0.29) is 23.8 Å². The van der Waals surface area contributed by atoms with Gasteiger partial charge in [-0.1, -0.05) is 51.8 Å². The van der Waals surface area contributed by atoms with Crippen LogP contribution in [-0.2, 0) is 14.4 Å². The number of rotatable bonds is 6. The Morgan fingerprint density at radius 3 is 2.42 bits per heavy atom. The predicted molar refractivity (Wildman–Crippen MR) is 143 cm³/mol. The van der Waals surface area contributed by atoms with Crippen molar-refractivity contribution in [3.8, 4) is 5.75 Å². The minimum absolute atomic E-state index is 0.244. The maximum Gasteiger partial charge on any atom is 0.335 e. The van der Waals surface area contributed by atoms with E-state index in [9.17, 15) is 19.2 Å². The van der Waals surface area contributed by atoms with E-state index in [0.29, 0.717) is 25.9 Å². The molecule has 0 spiro atoms. The van der Waals surface area contributed by atoms with Gasteiger partial charge in [0.15, 0.2) is 6.61 Å². The number of amides is 5. The first-order chi connectivity index (χ1) is 17.2. The molecule has 0 saturated carbocycles. The first-order valence-corrected chi connectivity index (χ1v) is 12.3. The summed E-state index contributed by atoms with van der Waals surface area (Å²) in [6, 6.07) is 18.1. The lowest BCUT2D eigenvalue weighted by Crippen LogP contribution is -2.54. The number of anilines is 2. The van der Waals surface area contributed by atoms with Crippen molar-refractivity contribution in [2.24, 2.45) is 0 Å². The number of hydrogen-bond donors (Lipinski definition) is 2. The lowest BCUT2D eigenvalue weighted by molar-refractivity contribution is -0.122. The summed E-state index contributed by atoms with van der Waals surface area (Å²) in [5.41, 5.74) is 2.09. The molecule has 1 heterocycles. The molecule has 3 aromatic carbocycles. The third-order valence-electron chi connectivity index (χ3n) is 5.14. The van der Waals surface area contributed by atoms with Crippen molar-refractivity contribution in [2.75, 3.05) is 16.8 Å². The van der Waals surface area contributed by atoms with Crippen molar-refractivity contribution in [3.63, 3.8) is 0 Å². The molecule has 8 nitrogen and oxygen atoms in total. The van der Waals surface area contributed by atoms with Gasteiger partial charge in [0, 0.05) is 15.7 Å². The Hall–Kier alpha value is -3.76. The maximum absolute atomic E-state index is 13.2. The molecule has 1 fully saturated rings. The van der Waals surface area contributed by atoms with E-state index in [1.54, 1.807) is 54.6 Å². The van der Waals surface area contributed by atoms with Crippen LogP contribution in [0, 0.1) is 6.92 Å². The Kier molecular flexibility index (Phi) is 7.66. The molecule has 0 atom stereocenters. The van der Waals surface area contributed by atoms with E-state index in [1.807, 2.05) is 19.1 Å². The number of carbonyl (C=O) groups excluding carboxylic acids is 4. The largest absolute Gasteiger partial charge is 0.482 e. The number of carbonyl (C=O) groups is 4. The molecule has 36 heavy (non-hydrogen) atoms. The highest BCUT2D eigenvalue weighted by Crippen LogP contribution is 2.35. The molecule has 0 radical (unpaired) electrons. The fourth-order valence-corrected chi connectivity index (χ4v) is 4.81. The molecule has 1 saturated heterocycles. The van der Waals surface area contributed by atoms with Gasteiger partial charge in [-0.05, 0) is 65.3 Å². The highest BCUT2D eigenvalue weighted by atomic mass is 79.9. The molecule has 10 heteroatoms. The second-order valence-corrected chi connectivity index (χ2v) is 9.57. The van der Waals surface area contributed by atoms with Gasteiger partial charge < -0.3 is 10.1 Å². The summed E-state index contributed by atoms with van der Waals surface area (Å²) in [7, 11) is 0. The summed E-state index contributed by atoms with van der Waals surface area (Å²) in [6.45, 7) is 1.63. The Bertz CT molecular complexity index is 1390. The van der Waals surface area contributed by atoms with Crippen LogP contribution >= 0.6 is 31.9 Å². The normalized spacial score (nSPS) is 14.6. The van der Waals surface area contributed by atoms with E-state index in [2.05, 4.69) is 42.5 Å². The maximum atomic E-state index is 13.2. The monoisotopic (exact) mass is 611 g/mol. The van der Waals surface area contributed by atoms with Gasteiger partial charge in [0.1, 0.15) is 11.3 Å². The fourth-order valence-electron chi connectivity index (χ4n) is 3.44. The summed E-state index contributed by atoms with van der Waals surface area (Å²) in [4.78, 5) is 51.5. The number of halogens is 2. The molecular formula is C26H19Br2N3O5. The average molecular weight is 613 g/mol. The molecular weight excluding hydrogens is 594 g/mol. The first kappa shape index (κ1) is 25.3. The SMILES string of the molecule is Cc1ccc(NC(=O)COc2c(Br)cc(Br)cc2/C=C2/C(=O)NC(=O)N(c3ccccc3)C2=O)cc1. The number of hydrogen-bond acceptors (Lipinski definition) is 5. The highest BCUT2D eigenvalue weighted by Gasteiger charge is 2.37. The number of nitrogens with zero attached hydrogens (tertiary/aromatic N) is 1. The van der Waals surface area contributed by atoms with Crippen LogP contribution in [0.3, 0.4) is 0 Å². The molecule has 182 valence electrons. The van der Waals surface area contributed by atoms with Gasteiger partial charge in [-0.3, -0.25) is 19.7 Å². The number of urea groups is 1. The zero-order valence-electron chi connectivity index (χ0n) is 18.9. The Morgan fingerprint density at radius 2 is 1.72 bits per heavy atom. The second kappa shape index (κ2) is 10.9. The van der Waals surface area contributed by atoms with Gasteiger partial charge in [-0.2, -0.15) is 0 Å². The number of imide groups is 2. The third kappa shape index (κ3) is 5.72. The molecule has 0 bridgehead atoms. The predicted octanol–water partition coefficient (Wildman–Crippen LogP) is 5.20. The quantitative estimate of drug-likeness (QED) is 0.294. The van der Waals surface area contributed by atoms with Crippen molar-refractivity contribution in [1.29, 1.82) is 0 Å². The molecule has 4 rings (SSSR count). The molecule has 1 aliphatic rings. The van der Waals surface area contributed by atoms with Crippen LogP contribution in [0.1, 0.15) is 11.1 Å². The number of para-hydroxylation sites is 1. The smallest absolute Gasteiger partial charge is 0.335 e. The number of barbiturate groups is 1. The fraction of sp³-hybridized carbons (Fsp3) is 0.0769. The van der Waals surface area contributed by atoms with Crippen LogP contribution < -0.4 is 20.3 Å². The summed E-state index contributed by atoms with van der Waals surface area (Å²) in [5, 5.41) is 4.94. The van der Waals surface area contributed by atoms with Crippen molar-refractivity contribution >= 4 is 73.1 Å². The van der Waals surface area contributed by atoms with Gasteiger partial charge in [-0.15, -0.1) is 0 Å². The number of benzene rings is 3. The summed E-state index contributed by atoms with van der Waals surface area (Å²) < 4.78 is 6.91. The molecule has 3 aromatic rings. The van der Waals surface area contributed by atoms with Crippen molar-refractivity contribution in [2.45, 2.75) is 6.92 Å². The Balaban J connectivity index is 1.61. The van der Waals surface area contributed by atoms with Crippen LogP contribution in [0.5, 0.6) is 5.75 Å². The van der Waals surface area contributed by atoms with Crippen LogP contribution in [0.15, 0.2) is 81.2 Å². The molecule has 5 amide bonds. The van der Waals surface area contributed by atoms with E-state index in [0.717, 1.165) is 10.5 Å². The van der Waals surface area contributed by atoms with E-state index >= 15 is 0 Å². The average Bonchev–Trinajstić information content (AvgIpc) is 2.83. The molecule has 0 unspecified atom stereocenters. The van der Waals surface area contributed by atoms with Crippen LogP contribution in [0.2, 0.25) is 0 Å². The van der Waals surface area contributed by atoms with Crippen LogP contribution in [0.4, 0.5) is 16.2 Å². The zero-order chi connectivity index (χ0) is 25.8. The third-order valence-corrected chi connectivity index (χ3v) is 6.18. The molecule has 2 N–H and O–H groups in total. The summed E-state index contributed by atoms with van der Waals surface area (Å²) in [6.07, 6.45) is 1.32. The second-order valence-electron chi connectivity index (χ2n) is 7.80. The number of aryl methyl sites for hydroxylation is 1. The lowest BCUT2D eigenvalue weighted by atomic mass is 10.1. The van der Waals surface area contributed by atoms with Gasteiger partial charge in [-0.25, -0.2) is 9.69 Å². The minimum Gasteiger partial charge on any atom is -0.482 e. The highest BCUT2D eigenvalue weighted by molar-refractivity contribution is 9.11. The van der Waals surface area contributed by atoms with Gasteiger partial charge in [0.05, 0.1) is 10.2 Å². The van der Waals surface area contributed by atoms with E-state index in [4.69, 9.17) is 4.74 Å². The lowest BCUT2D eigenvalue weighted by Gasteiger charge is -2.26. The summed E-state index contributed by atoms with van der Waals surface area (Å²) in [5.74, 6) is -1.77. The Morgan fingerprint density at radius 1 is 1.03 bits per heavy atom. The van der Waals surface area contributed by atoms with E-state index < -0.39 is 17.8 Å². The molecule has 0 aliphatic carbocycles. The van der Waals surface area contributed by atoms with Crippen LogP contribution in [-0.4, -0.2) is 30.4 Å². The van der Waals surface area contributed by atoms with Gasteiger partial charge in [0.25, 0.3) is 17.7 Å². The first-order valence-electron chi connectivity index (χ1n) is 10.7. The molecule has 1 aliphatic heterocycles. The number of nitrogens with one attached hydrogen (secondary N) is 2. The van der Waals surface area contributed by atoms with Crippen molar-refractivity contribution < 1.29 is 23.9 Å². The molecule has 0 aromatic heterocycles. The standard InChI is InChI=1S/C26H19Br2N3O5/c1-15-7-9-18(10-8-15)29-22(32)14-36-23-16(11-17(27)13-21(23)28)12-20-24(33)30-26(35)31(25(20)34)19-5-3-2-4-6-19/h2-13H,14H2,1H3,(H,29,32)(H,30,33,35)/b20-12-. The van der Waals surface area contributed by atoms with Crippen LogP contribution in [0.25, 0.3) is 6.08 Å². The van der Waals surface area contributed by atoms with Crippen molar-refractivity contribution in [1.82, 2.24) is 5.32 Å². The zero-order valence-corrected chi connectivity index (χ0v) is 22.1. The van der Waals surface area contributed by atoms with Gasteiger partial charge in [0.2, 0.25) is 0 Å². The Labute approximate surface area is 223 Å². The van der Waals surface area contributed by atoms with E-state index in [1.165, 1.54) is 6.08 Å². The van der Waals surface area contributed by atoms with Gasteiger partial charge >= 0.3 is 6.03 Å². The van der Waals surface area contributed by atoms with Crippen molar-refractivity contribution in [3.05, 3.63) is 92.4 Å². The number of ether oxygens (including phenoxy) is 1.